The summed E-state index contributed by atoms with van der Waals surface area (Å²) in [5.41, 5.74) is 7.57. The summed E-state index contributed by atoms with van der Waals surface area (Å²) >= 11 is 12.3. The van der Waals surface area contributed by atoms with Crippen molar-refractivity contribution in [3.05, 3.63) is 33.8 Å². The SMILES string of the molecule is NC1(Cc2cccc(Cl)c2Cl)CCCCCCC1. The summed E-state index contributed by atoms with van der Waals surface area (Å²) in [6.07, 6.45) is 9.46. The standard InChI is InChI=1S/C15H21Cl2N/c16-13-8-6-7-12(14(13)17)11-15(18)9-4-2-1-3-5-10-15/h6-8H,1-5,9-11,18H2. The van der Waals surface area contributed by atoms with Gasteiger partial charge in [0.25, 0.3) is 0 Å². The van der Waals surface area contributed by atoms with Crippen LogP contribution in [0.15, 0.2) is 18.2 Å². The number of benzene rings is 1. The number of hydrogen-bond acceptors (Lipinski definition) is 1. The Hall–Kier alpha value is -0.240. The van der Waals surface area contributed by atoms with E-state index in [0.717, 1.165) is 24.8 Å². The third kappa shape index (κ3) is 3.63. The zero-order valence-corrected chi connectivity index (χ0v) is 12.2. The van der Waals surface area contributed by atoms with Crippen molar-refractivity contribution in [2.75, 3.05) is 0 Å². The predicted octanol–water partition coefficient (Wildman–Crippen LogP) is 4.98. The van der Waals surface area contributed by atoms with Crippen molar-refractivity contribution in [1.82, 2.24) is 0 Å². The van der Waals surface area contributed by atoms with E-state index in [-0.39, 0.29) is 5.54 Å². The number of rotatable bonds is 2. The molecular weight excluding hydrogens is 265 g/mol. The quantitative estimate of drug-likeness (QED) is 0.815. The van der Waals surface area contributed by atoms with Crippen LogP contribution in [0.4, 0.5) is 0 Å². The van der Waals surface area contributed by atoms with Crippen LogP contribution in [0, 0.1) is 0 Å². The van der Waals surface area contributed by atoms with Crippen molar-refractivity contribution >= 4 is 23.2 Å². The van der Waals surface area contributed by atoms with Crippen LogP contribution in [-0.2, 0) is 6.42 Å². The lowest BCUT2D eigenvalue weighted by molar-refractivity contribution is 0.314. The molecule has 0 aliphatic heterocycles. The van der Waals surface area contributed by atoms with Crippen molar-refractivity contribution < 1.29 is 0 Å². The molecule has 0 bridgehead atoms. The fraction of sp³-hybridized carbons (Fsp3) is 0.600. The van der Waals surface area contributed by atoms with E-state index in [2.05, 4.69) is 0 Å². The summed E-state index contributed by atoms with van der Waals surface area (Å²) in [5.74, 6) is 0. The number of halogens is 2. The van der Waals surface area contributed by atoms with Gasteiger partial charge in [-0.05, 0) is 30.9 Å². The third-order valence-corrected chi connectivity index (χ3v) is 4.78. The molecule has 2 rings (SSSR count). The second-order valence-electron chi connectivity index (χ2n) is 5.52. The van der Waals surface area contributed by atoms with Gasteiger partial charge in [0.15, 0.2) is 0 Å². The summed E-state index contributed by atoms with van der Waals surface area (Å²) in [6, 6.07) is 5.83. The molecule has 1 nitrogen and oxygen atoms in total. The Morgan fingerprint density at radius 1 is 1.00 bits per heavy atom. The molecular formula is C15H21Cl2N. The first-order valence-electron chi connectivity index (χ1n) is 6.82. The fourth-order valence-electron chi connectivity index (χ4n) is 2.85. The first-order chi connectivity index (χ1) is 8.61. The van der Waals surface area contributed by atoms with Crippen LogP contribution in [-0.4, -0.2) is 5.54 Å². The van der Waals surface area contributed by atoms with E-state index in [0.29, 0.717) is 10.0 Å². The molecule has 0 unspecified atom stereocenters. The Balaban J connectivity index is 2.12. The van der Waals surface area contributed by atoms with Gasteiger partial charge in [0.1, 0.15) is 0 Å². The van der Waals surface area contributed by atoms with Crippen molar-refractivity contribution in [2.45, 2.75) is 56.9 Å². The van der Waals surface area contributed by atoms with Crippen LogP contribution in [0.5, 0.6) is 0 Å². The minimum atomic E-state index is -0.102. The van der Waals surface area contributed by atoms with E-state index in [9.17, 15) is 0 Å². The van der Waals surface area contributed by atoms with Gasteiger partial charge in [-0.2, -0.15) is 0 Å². The zero-order chi connectivity index (χ0) is 13.0. The molecule has 0 aromatic heterocycles. The highest BCUT2D eigenvalue weighted by molar-refractivity contribution is 6.42. The minimum Gasteiger partial charge on any atom is -0.325 e. The van der Waals surface area contributed by atoms with Crippen LogP contribution in [0.25, 0.3) is 0 Å². The Bertz CT molecular complexity index is 395. The normalized spacial score (nSPS) is 20.2. The molecule has 0 spiro atoms. The smallest absolute Gasteiger partial charge is 0.0624 e. The van der Waals surface area contributed by atoms with Crippen LogP contribution in [0.3, 0.4) is 0 Å². The van der Waals surface area contributed by atoms with Crippen LogP contribution >= 0.6 is 23.2 Å². The van der Waals surface area contributed by atoms with E-state index in [1.807, 2.05) is 18.2 Å². The van der Waals surface area contributed by atoms with Crippen LogP contribution in [0.1, 0.15) is 50.5 Å². The van der Waals surface area contributed by atoms with Crippen molar-refractivity contribution in [3.63, 3.8) is 0 Å². The molecule has 3 heteroatoms. The fourth-order valence-corrected chi connectivity index (χ4v) is 3.24. The van der Waals surface area contributed by atoms with E-state index >= 15 is 0 Å². The van der Waals surface area contributed by atoms with E-state index in [1.54, 1.807) is 0 Å². The Morgan fingerprint density at radius 2 is 1.61 bits per heavy atom. The lowest BCUT2D eigenvalue weighted by Crippen LogP contribution is -2.42. The van der Waals surface area contributed by atoms with E-state index in [1.165, 1.54) is 32.1 Å². The molecule has 0 saturated heterocycles. The van der Waals surface area contributed by atoms with E-state index in [4.69, 9.17) is 28.9 Å². The zero-order valence-electron chi connectivity index (χ0n) is 10.7. The number of nitrogens with two attached hydrogens (primary N) is 1. The van der Waals surface area contributed by atoms with Gasteiger partial charge in [-0.25, -0.2) is 0 Å². The van der Waals surface area contributed by atoms with Crippen molar-refractivity contribution in [2.24, 2.45) is 5.73 Å². The molecule has 18 heavy (non-hydrogen) atoms. The van der Waals surface area contributed by atoms with Gasteiger partial charge in [-0.3, -0.25) is 0 Å². The lowest BCUT2D eigenvalue weighted by atomic mass is 9.80. The number of hydrogen-bond donors (Lipinski definition) is 1. The molecule has 0 heterocycles. The molecule has 0 radical (unpaired) electrons. The van der Waals surface area contributed by atoms with E-state index < -0.39 is 0 Å². The molecule has 1 aliphatic rings. The molecule has 0 amide bonds. The van der Waals surface area contributed by atoms with Gasteiger partial charge < -0.3 is 5.73 Å². The summed E-state index contributed by atoms with van der Waals surface area (Å²) in [7, 11) is 0. The molecule has 1 saturated carbocycles. The van der Waals surface area contributed by atoms with Crippen molar-refractivity contribution in [1.29, 1.82) is 0 Å². The molecule has 1 aromatic rings. The van der Waals surface area contributed by atoms with Gasteiger partial charge >= 0.3 is 0 Å². The highest BCUT2D eigenvalue weighted by Crippen LogP contribution is 2.32. The molecule has 2 N–H and O–H groups in total. The monoisotopic (exact) mass is 285 g/mol. The minimum absolute atomic E-state index is 0.102. The average molecular weight is 286 g/mol. The summed E-state index contributed by atoms with van der Waals surface area (Å²) < 4.78 is 0. The van der Waals surface area contributed by atoms with Crippen LogP contribution < -0.4 is 5.73 Å². The predicted molar refractivity (Wildman–Crippen MR) is 79.4 cm³/mol. The molecule has 1 fully saturated rings. The molecule has 1 aliphatic carbocycles. The lowest BCUT2D eigenvalue weighted by Gasteiger charge is -2.32. The second kappa shape index (κ2) is 6.27. The van der Waals surface area contributed by atoms with Gasteiger partial charge in [0.05, 0.1) is 10.0 Å². The molecule has 0 atom stereocenters. The Morgan fingerprint density at radius 3 is 2.28 bits per heavy atom. The average Bonchev–Trinajstić information content (AvgIpc) is 2.31. The summed E-state index contributed by atoms with van der Waals surface area (Å²) in [5, 5.41) is 1.30. The molecule has 1 aromatic carbocycles. The van der Waals surface area contributed by atoms with Gasteiger partial charge in [0.2, 0.25) is 0 Å². The Labute approximate surface area is 120 Å². The third-order valence-electron chi connectivity index (χ3n) is 3.92. The first kappa shape index (κ1) is 14.2. The second-order valence-corrected chi connectivity index (χ2v) is 6.31. The van der Waals surface area contributed by atoms with Gasteiger partial charge in [-0.1, -0.05) is 67.4 Å². The first-order valence-corrected chi connectivity index (χ1v) is 7.58. The topological polar surface area (TPSA) is 26.0 Å². The maximum absolute atomic E-state index is 6.58. The van der Waals surface area contributed by atoms with Crippen molar-refractivity contribution in [3.8, 4) is 0 Å². The van der Waals surface area contributed by atoms with Gasteiger partial charge in [0, 0.05) is 5.54 Å². The van der Waals surface area contributed by atoms with Gasteiger partial charge in [-0.15, -0.1) is 0 Å². The highest BCUT2D eigenvalue weighted by Gasteiger charge is 2.26. The largest absolute Gasteiger partial charge is 0.325 e. The maximum atomic E-state index is 6.58. The van der Waals surface area contributed by atoms with Crippen LogP contribution in [0.2, 0.25) is 10.0 Å². The highest BCUT2D eigenvalue weighted by atomic mass is 35.5. The Kier molecular flexibility index (Phi) is 4.94. The molecule has 100 valence electrons. The summed E-state index contributed by atoms with van der Waals surface area (Å²) in [4.78, 5) is 0. The summed E-state index contributed by atoms with van der Waals surface area (Å²) in [6.45, 7) is 0. The maximum Gasteiger partial charge on any atom is 0.0624 e.